The van der Waals surface area contributed by atoms with Crippen molar-refractivity contribution < 1.29 is 17.9 Å². The number of benzene rings is 1. The van der Waals surface area contributed by atoms with Gasteiger partial charge in [0.15, 0.2) is 6.61 Å². The van der Waals surface area contributed by atoms with E-state index < -0.39 is 12.8 Å². The van der Waals surface area contributed by atoms with Crippen molar-refractivity contribution in [3.8, 4) is 5.88 Å². The Kier molecular flexibility index (Phi) is 3.51. The molecule has 21 heavy (non-hydrogen) atoms. The van der Waals surface area contributed by atoms with Gasteiger partial charge in [0.1, 0.15) is 0 Å². The largest absolute Gasteiger partial charge is 0.468 e. The zero-order chi connectivity index (χ0) is 15.0. The Morgan fingerprint density at radius 1 is 1.24 bits per heavy atom. The molecule has 1 aliphatic rings. The standard InChI is InChI=1S/C16H16F3NO/c1-2-10-7-13(10)12-4-3-11-5-6-15(20-14(11)8-12)21-9-16(17,18)19/h3-6,8,10,13H,2,7,9H2,1H3/t10-,13-/m0/s1. The average molecular weight is 295 g/mol. The molecule has 2 nitrogen and oxygen atoms in total. The molecule has 1 aromatic carbocycles. The van der Waals surface area contributed by atoms with Crippen LogP contribution in [0, 0.1) is 5.92 Å². The van der Waals surface area contributed by atoms with Crippen molar-refractivity contribution in [3.63, 3.8) is 0 Å². The number of pyridine rings is 1. The Hall–Kier alpha value is -1.78. The molecule has 0 aliphatic heterocycles. The van der Waals surface area contributed by atoms with Gasteiger partial charge in [0.2, 0.25) is 5.88 Å². The summed E-state index contributed by atoms with van der Waals surface area (Å²) in [5.41, 5.74) is 1.91. The Bertz CT molecular complexity index is 654. The van der Waals surface area contributed by atoms with Gasteiger partial charge < -0.3 is 4.74 Å². The van der Waals surface area contributed by atoms with Crippen LogP contribution in [0.3, 0.4) is 0 Å². The highest BCUT2D eigenvalue weighted by atomic mass is 19.4. The van der Waals surface area contributed by atoms with E-state index >= 15 is 0 Å². The Labute approximate surface area is 120 Å². The van der Waals surface area contributed by atoms with Crippen LogP contribution in [0.2, 0.25) is 0 Å². The molecule has 0 amide bonds. The van der Waals surface area contributed by atoms with Gasteiger partial charge in [-0.2, -0.15) is 13.2 Å². The van der Waals surface area contributed by atoms with E-state index in [1.165, 1.54) is 18.1 Å². The predicted molar refractivity (Wildman–Crippen MR) is 74.4 cm³/mol. The first-order valence-corrected chi connectivity index (χ1v) is 7.06. The van der Waals surface area contributed by atoms with Gasteiger partial charge in [0.25, 0.3) is 0 Å². The molecule has 2 atom stereocenters. The molecule has 5 heteroatoms. The van der Waals surface area contributed by atoms with Crippen molar-refractivity contribution in [2.45, 2.75) is 31.9 Å². The van der Waals surface area contributed by atoms with E-state index in [0.717, 1.165) is 17.7 Å². The molecule has 1 aliphatic carbocycles. The van der Waals surface area contributed by atoms with E-state index in [0.29, 0.717) is 11.4 Å². The zero-order valence-electron chi connectivity index (χ0n) is 11.7. The average Bonchev–Trinajstić information content (AvgIpc) is 3.23. The number of hydrogen-bond donors (Lipinski definition) is 0. The number of rotatable bonds is 4. The van der Waals surface area contributed by atoms with Crippen LogP contribution in [0.1, 0.15) is 31.2 Å². The summed E-state index contributed by atoms with van der Waals surface area (Å²) in [5.74, 6) is 1.31. The molecule has 0 spiro atoms. The molecule has 0 radical (unpaired) electrons. The summed E-state index contributed by atoms with van der Waals surface area (Å²) in [4.78, 5) is 4.18. The van der Waals surface area contributed by atoms with E-state index in [9.17, 15) is 13.2 Å². The van der Waals surface area contributed by atoms with E-state index in [-0.39, 0.29) is 5.88 Å². The van der Waals surface area contributed by atoms with Gasteiger partial charge in [-0.3, -0.25) is 0 Å². The first kappa shape index (κ1) is 14.2. The monoisotopic (exact) mass is 295 g/mol. The van der Waals surface area contributed by atoms with E-state index in [4.69, 9.17) is 4.74 Å². The minimum atomic E-state index is -4.35. The van der Waals surface area contributed by atoms with Crippen molar-refractivity contribution in [2.75, 3.05) is 6.61 Å². The van der Waals surface area contributed by atoms with Gasteiger partial charge in [-0.25, -0.2) is 4.98 Å². The van der Waals surface area contributed by atoms with Gasteiger partial charge >= 0.3 is 6.18 Å². The number of alkyl halides is 3. The Morgan fingerprint density at radius 3 is 2.67 bits per heavy atom. The molecular formula is C16H16F3NO. The highest BCUT2D eigenvalue weighted by Crippen LogP contribution is 2.49. The summed E-state index contributed by atoms with van der Waals surface area (Å²) in [6, 6.07) is 9.23. The number of hydrogen-bond acceptors (Lipinski definition) is 2. The van der Waals surface area contributed by atoms with Crippen molar-refractivity contribution >= 4 is 10.9 Å². The lowest BCUT2D eigenvalue weighted by atomic mass is 10.1. The SMILES string of the molecule is CC[C@H]1C[C@@H]1c1ccc2ccc(OCC(F)(F)F)nc2c1. The molecule has 2 aromatic rings. The van der Waals surface area contributed by atoms with Crippen molar-refractivity contribution in [3.05, 3.63) is 35.9 Å². The molecule has 0 bridgehead atoms. The van der Waals surface area contributed by atoms with Crippen LogP contribution in [-0.4, -0.2) is 17.8 Å². The molecule has 0 N–H and O–H groups in total. The lowest BCUT2D eigenvalue weighted by Gasteiger charge is -2.09. The number of ether oxygens (including phenoxy) is 1. The molecule has 1 saturated carbocycles. The van der Waals surface area contributed by atoms with Crippen molar-refractivity contribution in [2.24, 2.45) is 5.92 Å². The molecule has 3 rings (SSSR count). The highest BCUT2D eigenvalue weighted by Gasteiger charge is 2.36. The van der Waals surface area contributed by atoms with Gasteiger partial charge in [0, 0.05) is 11.5 Å². The van der Waals surface area contributed by atoms with Gasteiger partial charge in [-0.15, -0.1) is 0 Å². The van der Waals surface area contributed by atoms with Crippen LogP contribution in [0.4, 0.5) is 13.2 Å². The maximum absolute atomic E-state index is 12.2. The summed E-state index contributed by atoms with van der Waals surface area (Å²) < 4.78 is 41.2. The first-order chi connectivity index (χ1) is 9.96. The van der Waals surface area contributed by atoms with Gasteiger partial charge in [-0.05, 0) is 36.0 Å². The van der Waals surface area contributed by atoms with Crippen LogP contribution in [0.25, 0.3) is 10.9 Å². The topological polar surface area (TPSA) is 22.1 Å². The summed E-state index contributed by atoms with van der Waals surface area (Å²) in [7, 11) is 0. The molecular weight excluding hydrogens is 279 g/mol. The third-order valence-corrected chi connectivity index (χ3v) is 3.95. The molecule has 1 fully saturated rings. The zero-order valence-corrected chi connectivity index (χ0v) is 11.7. The predicted octanol–water partition coefficient (Wildman–Crippen LogP) is 4.69. The fourth-order valence-electron chi connectivity index (χ4n) is 2.69. The number of aromatic nitrogens is 1. The second-order valence-corrected chi connectivity index (χ2v) is 5.52. The lowest BCUT2D eigenvalue weighted by Crippen LogP contribution is -2.19. The van der Waals surface area contributed by atoms with E-state index in [1.807, 2.05) is 12.1 Å². The summed E-state index contributed by atoms with van der Waals surface area (Å²) in [6.45, 7) is 0.860. The fourth-order valence-corrected chi connectivity index (χ4v) is 2.69. The normalized spacial score (nSPS) is 21.5. The fraction of sp³-hybridized carbons (Fsp3) is 0.438. The summed E-state index contributed by atoms with van der Waals surface area (Å²) in [5, 5.41) is 0.909. The minimum absolute atomic E-state index is 0.0137. The molecule has 1 aromatic heterocycles. The minimum Gasteiger partial charge on any atom is -0.468 e. The van der Waals surface area contributed by atoms with Crippen LogP contribution in [-0.2, 0) is 0 Å². The Morgan fingerprint density at radius 2 is 2.00 bits per heavy atom. The van der Waals surface area contributed by atoms with Crippen LogP contribution in [0.15, 0.2) is 30.3 Å². The van der Waals surface area contributed by atoms with Crippen LogP contribution < -0.4 is 4.74 Å². The molecule has 0 saturated heterocycles. The first-order valence-electron chi connectivity index (χ1n) is 7.06. The smallest absolute Gasteiger partial charge is 0.422 e. The maximum Gasteiger partial charge on any atom is 0.422 e. The lowest BCUT2D eigenvalue weighted by molar-refractivity contribution is -0.154. The molecule has 1 heterocycles. The van der Waals surface area contributed by atoms with Crippen LogP contribution >= 0.6 is 0 Å². The third-order valence-electron chi connectivity index (χ3n) is 3.95. The third kappa shape index (κ3) is 3.28. The second kappa shape index (κ2) is 5.20. The quantitative estimate of drug-likeness (QED) is 0.816. The second-order valence-electron chi connectivity index (χ2n) is 5.52. The van der Waals surface area contributed by atoms with Crippen LogP contribution in [0.5, 0.6) is 5.88 Å². The molecule has 0 unspecified atom stereocenters. The number of fused-ring (bicyclic) bond motifs is 1. The maximum atomic E-state index is 12.2. The summed E-state index contributed by atoms with van der Waals surface area (Å²) in [6.07, 6.45) is -2.00. The summed E-state index contributed by atoms with van der Waals surface area (Å²) >= 11 is 0. The Balaban J connectivity index is 1.82. The highest BCUT2D eigenvalue weighted by molar-refractivity contribution is 5.80. The number of nitrogens with zero attached hydrogens (tertiary/aromatic N) is 1. The molecule has 112 valence electrons. The van der Waals surface area contributed by atoms with Gasteiger partial charge in [0.05, 0.1) is 5.52 Å². The number of halogens is 3. The van der Waals surface area contributed by atoms with E-state index in [2.05, 4.69) is 18.0 Å². The van der Waals surface area contributed by atoms with Crippen molar-refractivity contribution in [1.82, 2.24) is 4.98 Å². The van der Waals surface area contributed by atoms with Gasteiger partial charge in [-0.1, -0.05) is 25.5 Å². The van der Waals surface area contributed by atoms with E-state index in [1.54, 1.807) is 6.07 Å². The van der Waals surface area contributed by atoms with Crippen molar-refractivity contribution in [1.29, 1.82) is 0 Å².